The maximum absolute atomic E-state index is 11.8. The fourth-order valence-electron chi connectivity index (χ4n) is 2.89. The summed E-state index contributed by atoms with van der Waals surface area (Å²) in [4.78, 5) is 14.2. The van der Waals surface area contributed by atoms with Gasteiger partial charge < -0.3 is 14.2 Å². The Bertz CT molecular complexity index is 519. The number of amides is 1. The van der Waals surface area contributed by atoms with Crippen LogP contribution in [0.3, 0.4) is 0 Å². The summed E-state index contributed by atoms with van der Waals surface area (Å²) in [5.74, 6) is 0. The molecule has 0 aliphatic carbocycles. The minimum atomic E-state index is -0.345. The van der Waals surface area contributed by atoms with Crippen LogP contribution in [0.25, 0.3) is 0 Å². The maximum Gasteiger partial charge on any atom is 0.430 e. The molecule has 1 atom stereocenters. The van der Waals surface area contributed by atoms with Gasteiger partial charge in [0.15, 0.2) is 0 Å². The lowest BCUT2D eigenvalue weighted by Crippen LogP contribution is -2.42. The van der Waals surface area contributed by atoms with Gasteiger partial charge in [0.2, 0.25) is 0 Å². The van der Waals surface area contributed by atoms with E-state index in [4.69, 9.17) is 4.74 Å². The number of nitrogens with zero attached hydrogens (tertiary/aromatic N) is 4. The zero-order chi connectivity index (χ0) is 14.7. The van der Waals surface area contributed by atoms with Gasteiger partial charge in [-0.05, 0) is 38.1 Å². The molecule has 2 saturated heterocycles. The third kappa shape index (κ3) is 3.26. The number of aromatic nitrogens is 1. The van der Waals surface area contributed by atoms with Crippen LogP contribution in [0.15, 0.2) is 23.4 Å². The molecular formula is C15H22N4O2. The third-order valence-corrected chi connectivity index (χ3v) is 4.15. The highest BCUT2D eigenvalue weighted by Gasteiger charge is 2.34. The van der Waals surface area contributed by atoms with Crippen LogP contribution in [0, 0.1) is 0 Å². The smallest absolute Gasteiger partial charge is 0.430 e. The molecule has 6 heteroatoms. The highest BCUT2D eigenvalue weighted by molar-refractivity contribution is 5.79. The summed E-state index contributed by atoms with van der Waals surface area (Å²) in [7, 11) is 1.95. The van der Waals surface area contributed by atoms with Crippen LogP contribution in [0.2, 0.25) is 0 Å². The van der Waals surface area contributed by atoms with Crippen LogP contribution in [0.1, 0.15) is 25.0 Å². The van der Waals surface area contributed by atoms with E-state index < -0.39 is 0 Å². The van der Waals surface area contributed by atoms with E-state index in [0.717, 1.165) is 25.3 Å². The van der Waals surface area contributed by atoms with Crippen molar-refractivity contribution >= 4 is 12.3 Å². The fourth-order valence-corrected chi connectivity index (χ4v) is 2.89. The lowest BCUT2D eigenvalue weighted by atomic mass is 10.1. The molecule has 3 rings (SSSR count). The van der Waals surface area contributed by atoms with Crippen molar-refractivity contribution in [1.29, 1.82) is 0 Å². The number of cyclic esters (lactones) is 1. The first kappa shape index (κ1) is 14.1. The molecule has 2 fully saturated rings. The Hall–Kier alpha value is -1.82. The lowest BCUT2D eigenvalue weighted by molar-refractivity contribution is 0.155. The molecule has 0 aromatic carbocycles. The van der Waals surface area contributed by atoms with Crippen molar-refractivity contribution in [3.05, 3.63) is 24.0 Å². The molecule has 0 radical (unpaired) electrons. The molecule has 0 saturated carbocycles. The van der Waals surface area contributed by atoms with Gasteiger partial charge >= 0.3 is 6.09 Å². The van der Waals surface area contributed by atoms with E-state index in [9.17, 15) is 4.79 Å². The van der Waals surface area contributed by atoms with Gasteiger partial charge in [-0.25, -0.2) is 4.79 Å². The van der Waals surface area contributed by atoms with Crippen LogP contribution in [0.5, 0.6) is 0 Å². The number of rotatable bonds is 4. The summed E-state index contributed by atoms with van der Waals surface area (Å²) in [6, 6.07) is 3.94. The van der Waals surface area contributed by atoms with Crippen LogP contribution in [0.4, 0.5) is 4.79 Å². The van der Waals surface area contributed by atoms with Crippen molar-refractivity contribution < 1.29 is 9.53 Å². The van der Waals surface area contributed by atoms with E-state index in [-0.39, 0.29) is 12.1 Å². The molecular weight excluding hydrogens is 268 g/mol. The fraction of sp³-hybridized carbons (Fsp3) is 0.600. The van der Waals surface area contributed by atoms with Crippen molar-refractivity contribution in [2.75, 3.05) is 26.2 Å². The lowest BCUT2D eigenvalue weighted by Gasteiger charge is -2.29. The van der Waals surface area contributed by atoms with E-state index in [1.54, 1.807) is 6.21 Å². The van der Waals surface area contributed by atoms with Gasteiger partial charge in [0, 0.05) is 19.8 Å². The summed E-state index contributed by atoms with van der Waals surface area (Å²) >= 11 is 0. The van der Waals surface area contributed by atoms with Crippen molar-refractivity contribution in [3.63, 3.8) is 0 Å². The molecule has 21 heavy (non-hydrogen) atoms. The van der Waals surface area contributed by atoms with Crippen molar-refractivity contribution in [1.82, 2.24) is 14.5 Å². The number of ether oxygens (including phenoxy) is 1. The summed E-state index contributed by atoms with van der Waals surface area (Å²) in [6.45, 7) is 3.50. The van der Waals surface area contributed by atoms with Gasteiger partial charge in [-0.1, -0.05) is 6.42 Å². The number of piperidine rings is 1. The second-order valence-electron chi connectivity index (χ2n) is 5.73. The molecule has 2 aliphatic rings. The number of hydrazone groups is 1. The van der Waals surface area contributed by atoms with E-state index in [0.29, 0.717) is 6.61 Å². The van der Waals surface area contributed by atoms with Crippen LogP contribution in [-0.4, -0.2) is 59.1 Å². The third-order valence-electron chi connectivity index (χ3n) is 4.15. The summed E-state index contributed by atoms with van der Waals surface area (Å²) in [5, 5.41) is 5.83. The first-order valence-electron chi connectivity index (χ1n) is 7.58. The predicted molar refractivity (Wildman–Crippen MR) is 80.3 cm³/mol. The number of aryl methyl sites for hydroxylation is 1. The second-order valence-corrected chi connectivity index (χ2v) is 5.73. The molecule has 6 nitrogen and oxygen atoms in total. The Morgan fingerprint density at radius 2 is 2.19 bits per heavy atom. The van der Waals surface area contributed by atoms with E-state index in [1.807, 2.05) is 29.9 Å². The topological polar surface area (TPSA) is 50.1 Å². The highest BCUT2D eigenvalue weighted by atomic mass is 16.6. The first-order chi connectivity index (χ1) is 10.2. The van der Waals surface area contributed by atoms with E-state index in [2.05, 4.69) is 10.0 Å². The van der Waals surface area contributed by atoms with E-state index >= 15 is 0 Å². The largest absolute Gasteiger partial charge is 0.446 e. The predicted octanol–water partition coefficient (Wildman–Crippen LogP) is 1.67. The van der Waals surface area contributed by atoms with Crippen molar-refractivity contribution in [2.45, 2.75) is 25.3 Å². The van der Waals surface area contributed by atoms with Crippen LogP contribution < -0.4 is 0 Å². The minimum Gasteiger partial charge on any atom is -0.446 e. The van der Waals surface area contributed by atoms with Gasteiger partial charge in [0.25, 0.3) is 0 Å². The molecule has 1 amide bonds. The van der Waals surface area contributed by atoms with Gasteiger partial charge in [-0.3, -0.25) is 0 Å². The maximum atomic E-state index is 11.8. The highest BCUT2D eigenvalue weighted by Crippen LogP contribution is 2.17. The number of hydrogen-bond acceptors (Lipinski definition) is 4. The number of carbonyl (C=O) groups excluding carboxylic acids is 1. The zero-order valence-corrected chi connectivity index (χ0v) is 12.4. The van der Waals surface area contributed by atoms with Gasteiger partial charge in [-0.2, -0.15) is 10.1 Å². The van der Waals surface area contributed by atoms with Gasteiger partial charge in [-0.15, -0.1) is 0 Å². The van der Waals surface area contributed by atoms with Crippen LogP contribution in [-0.2, 0) is 11.8 Å². The van der Waals surface area contributed by atoms with E-state index in [1.165, 1.54) is 24.3 Å². The number of hydrogen-bond donors (Lipinski definition) is 0. The monoisotopic (exact) mass is 290 g/mol. The SMILES string of the molecule is Cn1cccc1/C=N/N1C(=O)OCC1CN1CCCCC1. The first-order valence-corrected chi connectivity index (χ1v) is 7.58. The Morgan fingerprint density at radius 1 is 1.38 bits per heavy atom. The van der Waals surface area contributed by atoms with Crippen LogP contribution >= 0.6 is 0 Å². The number of likely N-dealkylation sites (tertiary alicyclic amines) is 1. The minimum absolute atomic E-state index is 0.0205. The van der Waals surface area contributed by atoms with Gasteiger partial charge in [0.05, 0.1) is 11.9 Å². The summed E-state index contributed by atoms with van der Waals surface area (Å²) < 4.78 is 7.12. The molecule has 2 aliphatic heterocycles. The Kier molecular flexibility index (Phi) is 4.24. The quantitative estimate of drug-likeness (QED) is 0.793. The zero-order valence-electron chi connectivity index (χ0n) is 12.4. The average molecular weight is 290 g/mol. The Labute approximate surface area is 125 Å². The average Bonchev–Trinajstić information content (AvgIpc) is 3.05. The second kappa shape index (κ2) is 6.30. The normalized spacial score (nSPS) is 24.0. The summed E-state index contributed by atoms with van der Waals surface area (Å²) in [5.41, 5.74) is 0.964. The van der Waals surface area contributed by atoms with Gasteiger partial charge in [0.1, 0.15) is 12.6 Å². The van der Waals surface area contributed by atoms with Crippen molar-refractivity contribution in [2.24, 2.45) is 12.1 Å². The molecule has 1 unspecified atom stereocenters. The molecule has 1 aromatic rings. The molecule has 1 aromatic heterocycles. The standard InChI is InChI=1S/C15H22N4O2/c1-17-7-5-6-13(17)10-16-19-14(12-21-15(19)20)11-18-8-3-2-4-9-18/h5-7,10,14H,2-4,8-9,11-12H2,1H3/b16-10+. The molecule has 0 bridgehead atoms. The summed E-state index contributed by atoms with van der Waals surface area (Å²) in [6.07, 6.45) is 7.13. The Morgan fingerprint density at radius 3 is 2.90 bits per heavy atom. The Balaban J connectivity index is 1.64. The number of carbonyl (C=O) groups is 1. The van der Waals surface area contributed by atoms with Crippen molar-refractivity contribution in [3.8, 4) is 0 Å². The molecule has 3 heterocycles. The molecule has 0 N–H and O–H groups in total. The molecule has 114 valence electrons. The molecule has 0 spiro atoms.